The number of hydrogen-bond donors (Lipinski definition) is 1. The third-order valence-electron chi connectivity index (χ3n) is 3.28. The third kappa shape index (κ3) is 3.06. The summed E-state index contributed by atoms with van der Waals surface area (Å²) in [6.45, 7) is 3.02. The summed E-state index contributed by atoms with van der Waals surface area (Å²) in [5.74, 6) is 0.825. The van der Waals surface area contributed by atoms with Crippen molar-refractivity contribution in [2.45, 2.75) is 31.9 Å². The van der Waals surface area contributed by atoms with Crippen LogP contribution in [0.25, 0.3) is 0 Å². The first-order chi connectivity index (χ1) is 7.81. The molecule has 1 N–H and O–H groups in total. The second-order valence-corrected chi connectivity index (χ2v) is 4.68. The van der Waals surface area contributed by atoms with Gasteiger partial charge in [-0.1, -0.05) is 30.3 Å². The second kappa shape index (κ2) is 5.46. The zero-order chi connectivity index (χ0) is 11.4. The molecule has 2 nitrogen and oxygen atoms in total. The van der Waals surface area contributed by atoms with Gasteiger partial charge in [0.2, 0.25) is 0 Å². The van der Waals surface area contributed by atoms with Crippen LogP contribution in [0.3, 0.4) is 0 Å². The SMILES string of the molecule is COC(C)CNC(c1ccccc1)C1CC1. The highest BCUT2D eigenvalue weighted by atomic mass is 16.5. The molecule has 0 heterocycles. The van der Waals surface area contributed by atoms with E-state index in [1.165, 1.54) is 18.4 Å². The molecule has 1 aromatic carbocycles. The van der Waals surface area contributed by atoms with Crippen molar-refractivity contribution in [3.8, 4) is 0 Å². The molecule has 16 heavy (non-hydrogen) atoms. The summed E-state index contributed by atoms with van der Waals surface area (Å²) < 4.78 is 5.27. The molecule has 2 heteroatoms. The fourth-order valence-electron chi connectivity index (χ4n) is 2.02. The van der Waals surface area contributed by atoms with Gasteiger partial charge in [-0.3, -0.25) is 0 Å². The predicted octanol–water partition coefficient (Wildman–Crippen LogP) is 2.76. The van der Waals surface area contributed by atoms with Crippen LogP contribution in [0, 0.1) is 5.92 Å². The smallest absolute Gasteiger partial charge is 0.0667 e. The quantitative estimate of drug-likeness (QED) is 0.794. The lowest BCUT2D eigenvalue weighted by molar-refractivity contribution is 0.113. The van der Waals surface area contributed by atoms with Crippen LogP contribution >= 0.6 is 0 Å². The molecule has 1 aliphatic carbocycles. The molecule has 0 saturated heterocycles. The number of methoxy groups -OCH3 is 1. The van der Waals surface area contributed by atoms with Crippen molar-refractivity contribution in [1.29, 1.82) is 0 Å². The highest BCUT2D eigenvalue weighted by Crippen LogP contribution is 2.40. The minimum atomic E-state index is 0.282. The van der Waals surface area contributed by atoms with E-state index in [2.05, 4.69) is 42.6 Å². The Labute approximate surface area is 98.0 Å². The fraction of sp³-hybridized carbons (Fsp3) is 0.571. The van der Waals surface area contributed by atoms with Crippen LogP contribution in [0.4, 0.5) is 0 Å². The van der Waals surface area contributed by atoms with Gasteiger partial charge in [0.05, 0.1) is 6.10 Å². The van der Waals surface area contributed by atoms with Crippen LogP contribution in [-0.2, 0) is 4.74 Å². The maximum Gasteiger partial charge on any atom is 0.0667 e. The van der Waals surface area contributed by atoms with Gasteiger partial charge < -0.3 is 10.1 Å². The van der Waals surface area contributed by atoms with Gasteiger partial charge in [-0.2, -0.15) is 0 Å². The van der Waals surface area contributed by atoms with E-state index in [0.717, 1.165) is 12.5 Å². The van der Waals surface area contributed by atoms with Gasteiger partial charge in [-0.15, -0.1) is 0 Å². The van der Waals surface area contributed by atoms with Crippen molar-refractivity contribution in [2.24, 2.45) is 5.92 Å². The lowest BCUT2D eigenvalue weighted by Gasteiger charge is -2.21. The van der Waals surface area contributed by atoms with Crippen LogP contribution in [0.15, 0.2) is 30.3 Å². The Hall–Kier alpha value is -0.860. The molecule has 2 unspecified atom stereocenters. The van der Waals surface area contributed by atoms with Crippen LogP contribution < -0.4 is 5.32 Å². The Morgan fingerprint density at radius 1 is 1.31 bits per heavy atom. The number of hydrogen-bond acceptors (Lipinski definition) is 2. The van der Waals surface area contributed by atoms with E-state index in [4.69, 9.17) is 4.74 Å². The molecule has 2 rings (SSSR count). The van der Waals surface area contributed by atoms with Crippen molar-refractivity contribution in [3.63, 3.8) is 0 Å². The maximum absolute atomic E-state index is 5.27. The summed E-state index contributed by atoms with van der Waals surface area (Å²) in [4.78, 5) is 0. The van der Waals surface area contributed by atoms with Crippen molar-refractivity contribution in [3.05, 3.63) is 35.9 Å². The van der Waals surface area contributed by atoms with E-state index >= 15 is 0 Å². The molecule has 2 atom stereocenters. The molecule has 0 spiro atoms. The Bertz CT molecular complexity index is 308. The van der Waals surface area contributed by atoms with Gasteiger partial charge in [-0.05, 0) is 31.2 Å². The van der Waals surface area contributed by atoms with E-state index in [-0.39, 0.29) is 6.10 Å². The number of rotatable bonds is 6. The average Bonchev–Trinajstić information content (AvgIpc) is 3.15. The molecule has 0 bridgehead atoms. The Kier molecular flexibility index (Phi) is 3.97. The summed E-state index contributed by atoms with van der Waals surface area (Å²) in [5, 5.41) is 3.62. The van der Waals surface area contributed by atoms with Crippen molar-refractivity contribution < 1.29 is 4.74 Å². The van der Waals surface area contributed by atoms with Crippen LogP contribution in [-0.4, -0.2) is 19.8 Å². The summed E-state index contributed by atoms with van der Waals surface area (Å²) in [6, 6.07) is 11.3. The molecule has 1 aliphatic rings. The normalized spacial score (nSPS) is 19.4. The van der Waals surface area contributed by atoms with Gasteiger partial charge in [-0.25, -0.2) is 0 Å². The summed E-state index contributed by atoms with van der Waals surface area (Å²) in [5.41, 5.74) is 1.41. The summed E-state index contributed by atoms with van der Waals surface area (Å²) >= 11 is 0. The van der Waals surface area contributed by atoms with E-state index < -0.39 is 0 Å². The van der Waals surface area contributed by atoms with Crippen LogP contribution in [0.2, 0.25) is 0 Å². The van der Waals surface area contributed by atoms with Crippen LogP contribution in [0.1, 0.15) is 31.4 Å². The Balaban J connectivity index is 1.95. The zero-order valence-electron chi connectivity index (χ0n) is 10.1. The van der Waals surface area contributed by atoms with Gasteiger partial charge in [0.1, 0.15) is 0 Å². The average molecular weight is 219 g/mol. The molecule has 1 fully saturated rings. The molecule has 0 aromatic heterocycles. The lowest BCUT2D eigenvalue weighted by atomic mass is 10.0. The van der Waals surface area contributed by atoms with Crippen molar-refractivity contribution in [1.82, 2.24) is 5.32 Å². The number of nitrogens with one attached hydrogen (secondary N) is 1. The minimum absolute atomic E-state index is 0.282. The minimum Gasteiger partial charge on any atom is -0.380 e. The highest BCUT2D eigenvalue weighted by Gasteiger charge is 2.31. The number of benzene rings is 1. The van der Waals surface area contributed by atoms with Gasteiger partial charge in [0.25, 0.3) is 0 Å². The monoisotopic (exact) mass is 219 g/mol. The topological polar surface area (TPSA) is 21.3 Å². The molecule has 0 aliphatic heterocycles. The van der Waals surface area contributed by atoms with Gasteiger partial charge >= 0.3 is 0 Å². The van der Waals surface area contributed by atoms with Crippen molar-refractivity contribution >= 4 is 0 Å². The first-order valence-corrected chi connectivity index (χ1v) is 6.12. The fourth-order valence-corrected chi connectivity index (χ4v) is 2.02. The lowest BCUT2D eigenvalue weighted by Crippen LogP contribution is -2.30. The zero-order valence-corrected chi connectivity index (χ0v) is 10.1. The summed E-state index contributed by atoms with van der Waals surface area (Å²) in [6.07, 6.45) is 2.99. The first kappa shape index (κ1) is 11.6. The molecule has 0 amide bonds. The van der Waals surface area contributed by atoms with Crippen molar-refractivity contribution in [2.75, 3.05) is 13.7 Å². The van der Waals surface area contributed by atoms with E-state index in [1.807, 2.05) is 0 Å². The Morgan fingerprint density at radius 2 is 2.00 bits per heavy atom. The van der Waals surface area contributed by atoms with Crippen LogP contribution in [0.5, 0.6) is 0 Å². The van der Waals surface area contributed by atoms with E-state index in [9.17, 15) is 0 Å². The first-order valence-electron chi connectivity index (χ1n) is 6.12. The van der Waals surface area contributed by atoms with E-state index in [0.29, 0.717) is 6.04 Å². The molecule has 1 aromatic rings. The molecule has 0 radical (unpaired) electrons. The maximum atomic E-state index is 5.27. The van der Waals surface area contributed by atoms with Gasteiger partial charge in [0.15, 0.2) is 0 Å². The largest absolute Gasteiger partial charge is 0.380 e. The third-order valence-corrected chi connectivity index (χ3v) is 3.28. The van der Waals surface area contributed by atoms with Gasteiger partial charge in [0, 0.05) is 19.7 Å². The molecule has 1 saturated carbocycles. The summed E-state index contributed by atoms with van der Waals surface area (Å²) in [7, 11) is 1.76. The molecular formula is C14H21NO. The highest BCUT2D eigenvalue weighted by molar-refractivity contribution is 5.21. The Morgan fingerprint density at radius 3 is 2.56 bits per heavy atom. The standard InChI is InChI=1S/C14H21NO/c1-11(16-2)10-15-14(13-8-9-13)12-6-4-3-5-7-12/h3-7,11,13-15H,8-10H2,1-2H3. The second-order valence-electron chi connectivity index (χ2n) is 4.68. The molecule has 88 valence electrons. The predicted molar refractivity (Wildman–Crippen MR) is 66.4 cm³/mol. The molecular weight excluding hydrogens is 198 g/mol. The van der Waals surface area contributed by atoms with E-state index in [1.54, 1.807) is 7.11 Å². The number of ether oxygens (including phenoxy) is 1.